The standard InChI is InChI=1S/C46H88NO8P/c1-6-8-10-12-14-16-18-20-21-22-23-24-25-27-29-31-33-35-37-39-46(49)55-44(43-54-56(50,51)53-41-40-47(3,4)5)42-52-45(48)38-36-34-32-30-28-26-19-17-15-13-11-9-7-2/h14,16,20-21,44H,6-13,15,17-19,22-43H2,1-5H3/p+1/b16-14-,21-20-/t44-/m1/s1. The Morgan fingerprint density at radius 3 is 1.45 bits per heavy atom. The van der Waals surface area contributed by atoms with Crippen molar-refractivity contribution in [1.82, 2.24) is 0 Å². The van der Waals surface area contributed by atoms with E-state index in [9.17, 15) is 19.0 Å². The second kappa shape index (κ2) is 39.0. The molecule has 0 radical (unpaired) electrons. The van der Waals surface area contributed by atoms with Crippen molar-refractivity contribution in [3.05, 3.63) is 24.3 Å². The first kappa shape index (κ1) is 54.5. The van der Waals surface area contributed by atoms with Crippen LogP contribution in [0.25, 0.3) is 0 Å². The molecule has 10 heteroatoms. The number of phosphoric acid groups is 1. The van der Waals surface area contributed by atoms with E-state index in [0.29, 0.717) is 23.9 Å². The summed E-state index contributed by atoms with van der Waals surface area (Å²) in [5.74, 6) is -0.796. The highest BCUT2D eigenvalue weighted by Gasteiger charge is 2.27. The molecule has 0 aliphatic heterocycles. The van der Waals surface area contributed by atoms with Gasteiger partial charge in [0.25, 0.3) is 0 Å². The van der Waals surface area contributed by atoms with E-state index in [1.54, 1.807) is 0 Å². The average Bonchev–Trinajstić information content (AvgIpc) is 3.15. The number of unbranched alkanes of at least 4 members (excludes halogenated alkanes) is 24. The number of carbonyl (C=O) groups is 2. The number of allylic oxidation sites excluding steroid dienone is 4. The van der Waals surface area contributed by atoms with Gasteiger partial charge >= 0.3 is 19.8 Å². The van der Waals surface area contributed by atoms with Gasteiger partial charge in [-0.1, -0.05) is 173 Å². The summed E-state index contributed by atoms with van der Waals surface area (Å²) in [4.78, 5) is 35.4. The maximum absolute atomic E-state index is 12.7. The van der Waals surface area contributed by atoms with Gasteiger partial charge in [0.15, 0.2) is 6.10 Å². The Hall–Kier alpha value is -1.51. The number of hydrogen-bond acceptors (Lipinski definition) is 7. The number of esters is 2. The quantitative estimate of drug-likeness (QED) is 0.0213. The third kappa shape index (κ3) is 42.1. The highest BCUT2D eigenvalue weighted by atomic mass is 31.2. The largest absolute Gasteiger partial charge is 0.472 e. The van der Waals surface area contributed by atoms with Crippen molar-refractivity contribution in [3.63, 3.8) is 0 Å². The molecule has 0 saturated carbocycles. The van der Waals surface area contributed by atoms with Crippen molar-refractivity contribution in [1.29, 1.82) is 0 Å². The number of rotatable bonds is 42. The lowest BCUT2D eigenvalue weighted by Gasteiger charge is -2.24. The number of hydrogen-bond donors (Lipinski definition) is 1. The van der Waals surface area contributed by atoms with Gasteiger partial charge in [-0.05, 0) is 44.9 Å². The molecule has 0 spiro atoms. The molecule has 0 aromatic rings. The molecule has 0 aliphatic carbocycles. The van der Waals surface area contributed by atoms with Crippen molar-refractivity contribution in [3.8, 4) is 0 Å². The van der Waals surface area contributed by atoms with E-state index in [4.69, 9.17) is 18.5 Å². The summed E-state index contributed by atoms with van der Waals surface area (Å²) < 4.78 is 34.3. The third-order valence-corrected chi connectivity index (χ3v) is 11.0. The van der Waals surface area contributed by atoms with Gasteiger partial charge in [-0.2, -0.15) is 0 Å². The molecule has 0 heterocycles. The lowest BCUT2D eigenvalue weighted by atomic mass is 10.0. The van der Waals surface area contributed by atoms with Crippen molar-refractivity contribution >= 4 is 19.8 Å². The van der Waals surface area contributed by atoms with Crippen LogP contribution in [0.2, 0.25) is 0 Å². The lowest BCUT2D eigenvalue weighted by Crippen LogP contribution is -2.37. The first-order chi connectivity index (χ1) is 27.0. The fourth-order valence-corrected chi connectivity index (χ4v) is 7.08. The Bertz CT molecular complexity index is 1010. The summed E-state index contributed by atoms with van der Waals surface area (Å²) in [5, 5.41) is 0. The van der Waals surface area contributed by atoms with Crippen molar-refractivity contribution in [2.45, 2.75) is 213 Å². The molecule has 0 aliphatic rings. The Labute approximate surface area is 345 Å². The summed E-state index contributed by atoms with van der Waals surface area (Å²) in [7, 11) is 1.48. The van der Waals surface area contributed by atoms with Crippen LogP contribution in [0.4, 0.5) is 0 Å². The Balaban J connectivity index is 4.30. The normalized spacial score (nSPS) is 13.8. The summed E-state index contributed by atoms with van der Waals surface area (Å²) in [6.45, 7) is 4.41. The maximum Gasteiger partial charge on any atom is 0.472 e. The zero-order valence-corrected chi connectivity index (χ0v) is 38.0. The minimum atomic E-state index is -4.37. The first-order valence-corrected chi connectivity index (χ1v) is 24.6. The van der Waals surface area contributed by atoms with Crippen LogP contribution in [0.1, 0.15) is 206 Å². The number of quaternary nitrogens is 1. The van der Waals surface area contributed by atoms with Crippen LogP contribution in [-0.4, -0.2) is 74.9 Å². The zero-order chi connectivity index (χ0) is 41.4. The SMILES string of the molecule is CCCCC/C=C\C/C=C\CCCCCCCCCCCC(=O)O[C@H](COC(=O)CCCCCCCCCCCCCCC)COP(=O)(O)OCC[N+](C)(C)C. The molecular weight excluding hydrogens is 725 g/mol. The average molecular weight is 815 g/mol. The van der Waals surface area contributed by atoms with E-state index < -0.39 is 26.5 Å². The number of ether oxygens (including phenoxy) is 2. The predicted molar refractivity (Wildman–Crippen MR) is 234 cm³/mol. The van der Waals surface area contributed by atoms with Crippen molar-refractivity contribution in [2.24, 2.45) is 0 Å². The first-order valence-electron chi connectivity index (χ1n) is 23.1. The summed E-state index contributed by atoms with van der Waals surface area (Å²) >= 11 is 0. The summed E-state index contributed by atoms with van der Waals surface area (Å²) in [6.07, 6.45) is 42.2. The van der Waals surface area contributed by atoms with Crippen LogP contribution in [0.5, 0.6) is 0 Å². The fraction of sp³-hybridized carbons (Fsp3) is 0.870. The van der Waals surface area contributed by atoms with E-state index in [-0.39, 0.29) is 25.6 Å². The molecule has 0 aromatic heterocycles. The van der Waals surface area contributed by atoms with Gasteiger partial charge in [0.1, 0.15) is 19.8 Å². The van der Waals surface area contributed by atoms with Crippen LogP contribution >= 0.6 is 7.82 Å². The van der Waals surface area contributed by atoms with E-state index in [1.165, 1.54) is 128 Å². The highest BCUT2D eigenvalue weighted by molar-refractivity contribution is 7.47. The summed E-state index contributed by atoms with van der Waals surface area (Å²) in [5.41, 5.74) is 0. The second-order valence-corrected chi connectivity index (χ2v) is 18.2. The number of nitrogens with zero attached hydrogens (tertiary/aromatic N) is 1. The van der Waals surface area contributed by atoms with E-state index in [0.717, 1.165) is 44.9 Å². The molecular formula is C46H89NO8P+. The van der Waals surface area contributed by atoms with Gasteiger partial charge in [0.05, 0.1) is 27.7 Å². The lowest BCUT2D eigenvalue weighted by molar-refractivity contribution is -0.870. The van der Waals surface area contributed by atoms with Gasteiger partial charge in [-0.3, -0.25) is 18.6 Å². The predicted octanol–water partition coefficient (Wildman–Crippen LogP) is 13.1. The van der Waals surface area contributed by atoms with Crippen LogP contribution in [-0.2, 0) is 32.7 Å². The minimum absolute atomic E-state index is 0.0328. The Kier molecular flexibility index (Phi) is 37.9. The van der Waals surface area contributed by atoms with Crippen molar-refractivity contribution < 1.29 is 42.1 Å². The fourth-order valence-electron chi connectivity index (χ4n) is 6.34. The smallest absolute Gasteiger partial charge is 0.462 e. The second-order valence-electron chi connectivity index (χ2n) is 16.8. The van der Waals surface area contributed by atoms with Crippen molar-refractivity contribution in [2.75, 3.05) is 47.5 Å². The van der Waals surface area contributed by atoms with Gasteiger partial charge in [-0.25, -0.2) is 4.57 Å². The topological polar surface area (TPSA) is 108 Å². The number of phosphoric ester groups is 1. The summed E-state index contributed by atoms with van der Waals surface area (Å²) in [6, 6.07) is 0. The third-order valence-electron chi connectivity index (χ3n) is 9.98. The molecule has 0 saturated heterocycles. The molecule has 0 fully saturated rings. The van der Waals surface area contributed by atoms with Gasteiger partial charge in [-0.15, -0.1) is 0 Å². The van der Waals surface area contributed by atoms with Gasteiger partial charge in [0.2, 0.25) is 0 Å². The Morgan fingerprint density at radius 2 is 0.964 bits per heavy atom. The van der Waals surface area contributed by atoms with Gasteiger partial charge in [0, 0.05) is 12.8 Å². The maximum atomic E-state index is 12.7. The van der Waals surface area contributed by atoms with Gasteiger partial charge < -0.3 is 18.9 Å². The molecule has 0 amide bonds. The Morgan fingerprint density at radius 1 is 0.554 bits per heavy atom. The number of likely N-dealkylation sites (N-methyl/N-ethyl adjacent to an activating group) is 1. The van der Waals surface area contributed by atoms with E-state index in [1.807, 2.05) is 21.1 Å². The number of carbonyl (C=O) groups excluding carboxylic acids is 2. The van der Waals surface area contributed by atoms with Crippen LogP contribution in [0, 0.1) is 0 Å². The molecule has 0 rings (SSSR count). The molecule has 1 unspecified atom stereocenters. The molecule has 0 aromatic carbocycles. The van der Waals surface area contributed by atoms with Crippen LogP contribution < -0.4 is 0 Å². The molecule has 330 valence electrons. The van der Waals surface area contributed by atoms with Crippen LogP contribution in [0.15, 0.2) is 24.3 Å². The molecule has 9 nitrogen and oxygen atoms in total. The molecule has 56 heavy (non-hydrogen) atoms. The van der Waals surface area contributed by atoms with E-state index >= 15 is 0 Å². The monoisotopic (exact) mass is 815 g/mol. The highest BCUT2D eigenvalue weighted by Crippen LogP contribution is 2.43. The molecule has 2 atom stereocenters. The molecule has 0 bridgehead atoms. The molecule has 1 N–H and O–H groups in total. The van der Waals surface area contributed by atoms with Crippen LogP contribution in [0.3, 0.4) is 0 Å². The van der Waals surface area contributed by atoms with E-state index in [2.05, 4.69) is 38.2 Å². The zero-order valence-electron chi connectivity index (χ0n) is 37.1. The minimum Gasteiger partial charge on any atom is -0.462 e.